The lowest BCUT2D eigenvalue weighted by Crippen LogP contribution is -1.97. The Morgan fingerprint density at radius 2 is 2.00 bits per heavy atom. The van der Waals surface area contributed by atoms with E-state index in [1.165, 1.54) is 0 Å². The molecule has 20 heavy (non-hydrogen) atoms. The summed E-state index contributed by atoms with van der Waals surface area (Å²) in [5, 5.41) is 13.5. The number of para-hydroxylation sites is 1. The van der Waals surface area contributed by atoms with Gasteiger partial charge in [0.05, 0.1) is 11.9 Å². The predicted octanol–water partition coefficient (Wildman–Crippen LogP) is 2.30. The number of pyridine rings is 1. The number of fused-ring (bicyclic) bond motifs is 1. The molecular formula is C14H11N3O3. The molecule has 2 aromatic heterocycles. The van der Waals surface area contributed by atoms with Crippen LogP contribution in [0, 0.1) is 0 Å². The van der Waals surface area contributed by atoms with E-state index >= 15 is 0 Å². The van der Waals surface area contributed by atoms with Crippen LogP contribution >= 0.6 is 0 Å². The van der Waals surface area contributed by atoms with Crippen LogP contribution in [0.4, 0.5) is 0 Å². The molecule has 0 fully saturated rings. The number of benzene rings is 1. The van der Waals surface area contributed by atoms with Gasteiger partial charge in [0.15, 0.2) is 0 Å². The highest BCUT2D eigenvalue weighted by Gasteiger charge is 2.11. The molecule has 0 aliphatic rings. The molecule has 3 aromatic rings. The summed E-state index contributed by atoms with van der Waals surface area (Å²) in [6.07, 6.45) is 0.183. The van der Waals surface area contributed by atoms with Gasteiger partial charge in [0, 0.05) is 11.8 Å². The summed E-state index contributed by atoms with van der Waals surface area (Å²) in [6.45, 7) is 0. The van der Waals surface area contributed by atoms with E-state index < -0.39 is 5.97 Å². The van der Waals surface area contributed by atoms with Crippen molar-refractivity contribution in [3.05, 3.63) is 42.3 Å². The normalized spacial score (nSPS) is 10.8. The topological polar surface area (TPSA) is 89.1 Å². The molecule has 0 radical (unpaired) electrons. The standard InChI is InChI=1S/C14H11N3O3/c18-13(19)8-7-12-16-14(17-20-12)11-6-5-9-3-1-2-4-10(9)15-11/h1-6H,7-8H2,(H,18,19). The number of aliphatic carboxylic acids is 1. The van der Waals surface area contributed by atoms with Crippen molar-refractivity contribution in [2.24, 2.45) is 0 Å². The fourth-order valence-corrected chi connectivity index (χ4v) is 1.86. The molecule has 3 rings (SSSR count). The second-order valence-corrected chi connectivity index (χ2v) is 4.29. The van der Waals surface area contributed by atoms with Gasteiger partial charge in [-0.15, -0.1) is 0 Å². The van der Waals surface area contributed by atoms with E-state index in [2.05, 4.69) is 15.1 Å². The number of aromatic nitrogens is 3. The smallest absolute Gasteiger partial charge is 0.303 e. The molecule has 0 saturated carbocycles. The zero-order valence-electron chi connectivity index (χ0n) is 10.5. The lowest BCUT2D eigenvalue weighted by Gasteiger charge is -1.98. The number of hydrogen-bond donors (Lipinski definition) is 1. The van der Waals surface area contributed by atoms with Crippen molar-refractivity contribution in [2.75, 3.05) is 0 Å². The summed E-state index contributed by atoms with van der Waals surface area (Å²) in [7, 11) is 0. The van der Waals surface area contributed by atoms with Gasteiger partial charge in [0.2, 0.25) is 11.7 Å². The Morgan fingerprint density at radius 1 is 1.15 bits per heavy atom. The Hall–Kier alpha value is -2.76. The summed E-state index contributed by atoms with van der Waals surface area (Å²) in [6, 6.07) is 11.5. The lowest BCUT2D eigenvalue weighted by molar-refractivity contribution is -0.137. The van der Waals surface area contributed by atoms with E-state index in [9.17, 15) is 4.79 Å². The van der Waals surface area contributed by atoms with Gasteiger partial charge in [-0.2, -0.15) is 4.98 Å². The molecule has 100 valence electrons. The molecule has 0 amide bonds. The van der Waals surface area contributed by atoms with Gasteiger partial charge in [-0.25, -0.2) is 4.98 Å². The van der Waals surface area contributed by atoms with Gasteiger partial charge in [-0.1, -0.05) is 29.4 Å². The number of aryl methyl sites for hydroxylation is 1. The maximum absolute atomic E-state index is 10.5. The lowest BCUT2D eigenvalue weighted by atomic mass is 10.2. The third kappa shape index (κ3) is 2.49. The Balaban J connectivity index is 1.89. The van der Waals surface area contributed by atoms with E-state index in [4.69, 9.17) is 9.63 Å². The van der Waals surface area contributed by atoms with E-state index in [0.29, 0.717) is 17.4 Å². The van der Waals surface area contributed by atoms with Crippen molar-refractivity contribution in [1.29, 1.82) is 0 Å². The molecule has 2 heterocycles. The van der Waals surface area contributed by atoms with E-state index in [1.807, 2.05) is 36.4 Å². The van der Waals surface area contributed by atoms with Gasteiger partial charge in [0.25, 0.3) is 0 Å². The zero-order chi connectivity index (χ0) is 13.9. The first-order valence-electron chi connectivity index (χ1n) is 6.13. The Kier molecular flexibility index (Phi) is 3.12. The molecule has 6 heteroatoms. The van der Waals surface area contributed by atoms with Crippen LogP contribution in [0.2, 0.25) is 0 Å². The van der Waals surface area contributed by atoms with E-state index in [1.54, 1.807) is 0 Å². The molecule has 6 nitrogen and oxygen atoms in total. The molecule has 1 N–H and O–H groups in total. The first-order chi connectivity index (χ1) is 9.72. The Bertz CT molecular complexity index is 767. The molecule has 0 spiro atoms. The second kappa shape index (κ2) is 5.08. The van der Waals surface area contributed by atoms with Crippen molar-refractivity contribution < 1.29 is 14.4 Å². The van der Waals surface area contributed by atoms with Crippen molar-refractivity contribution in [1.82, 2.24) is 15.1 Å². The van der Waals surface area contributed by atoms with Gasteiger partial charge in [-0.05, 0) is 12.1 Å². The number of carbonyl (C=O) groups is 1. The maximum atomic E-state index is 10.5. The second-order valence-electron chi connectivity index (χ2n) is 4.29. The monoisotopic (exact) mass is 269 g/mol. The molecule has 0 atom stereocenters. The minimum atomic E-state index is -0.895. The minimum Gasteiger partial charge on any atom is -0.481 e. The van der Waals surface area contributed by atoms with Crippen LogP contribution in [0.1, 0.15) is 12.3 Å². The van der Waals surface area contributed by atoms with Gasteiger partial charge in [0.1, 0.15) is 5.69 Å². The highest BCUT2D eigenvalue weighted by molar-refractivity contribution is 5.80. The molecular weight excluding hydrogens is 258 g/mol. The van der Waals surface area contributed by atoms with Crippen LogP contribution in [-0.4, -0.2) is 26.2 Å². The predicted molar refractivity (Wildman–Crippen MR) is 71.0 cm³/mol. The highest BCUT2D eigenvalue weighted by atomic mass is 16.5. The number of carboxylic acid groups (broad SMARTS) is 1. The number of nitrogens with zero attached hydrogens (tertiary/aromatic N) is 3. The van der Waals surface area contributed by atoms with E-state index in [0.717, 1.165) is 10.9 Å². The average Bonchev–Trinajstić information content (AvgIpc) is 2.93. The molecule has 1 aromatic carbocycles. The summed E-state index contributed by atoms with van der Waals surface area (Å²) < 4.78 is 5.02. The third-order valence-electron chi connectivity index (χ3n) is 2.85. The van der Waals surface area contributed by atoms with Gasteiger partial charge >= 0.3 is 5.97 Å². The van der Waals surface area contributed by atoms with E-state index in [-0.39, 0.29) is 12.8 Å². The van der Waals surface area contributed by atoms with Gasteiger partial charge < -0.3 is 9.63 Å². The van der Waals surface area contributed by atoms with Crippen LogP contribution in [0.3, 0.4) is 0 Å². The van der Waals surface area contributed by atoms with Crippen LogP contribution < -0.4 is 0 Å². The summed E-state index contributed by atoms with van der Waals surface area (Å²) in [5.41, 5.74) is 1.45. The van der Waals surface area contributed by atoms with Crippen molar-refractivity contribution in [3.8, 4) is 11.5 Å². The summed E-state index contributed by atoms with van der Waals surface area (Å²) in [4.78, 5) is 19.1. The molecule has 0 aliphatic carbocycles. The van der Waals surface area contributed by atoms with Crippen LogP contribution in [0.15, 0.2) is 40.9 Å². The van der Waals surface area contributed by atoms with Gasteiger partial charge in [-0.3, -0.25) is 4.79 Å². The van der Waals surface area contributed by atoms with Crippen LogP contribution in [0.25, 0.3) is 22.4 Å². The Morgan fingerprint density at radius 3 is 2.85 bits per heavy atom. The maximum Gasteiger partial charge on any atom is 0.303 e. The van der Waals surface area contributed by atoms with Crippen LogP contribution in [-0.2, 0) is 11.2 Å². The zero-order valence-corrected chi connectivity index (χ0v) is 10.5. The first kappa shape index (κ1) is 12.3. The third-order valence-corrected chi connectivity index (χ3v) is 2.85. The quantitative estimate of drug-likeness (QED) is 0.781. The van der Waals surface area contributed by atoms with Crippen LogP contribution in [0.5, 0.6) is 0 Å². The highest BCUT2D eigenvalue weighted by Crippen LogP contribution is 2.18. The molecule has 0 bridgehead atoms. The number of carboxylic acids is 1. The number of hydrogen-bond acceptors (Lipinski definition) is 5. The SMILES string of the molecule is O=C(O)CCc1nc(-c2ccc3ccccc3n2)no1. The summed E-state index contributed by atoms with van der Waals surface area (Å²) in [5.74, 6) is -0.220. The largest absolute Gasteiger partial charge is 0.481 e. The Labute approximate surface area is 114 Å². The molecule has 0 aliphatic heterocycles. The number of rotatable bonds is 4. The fraction of sp³-hybridized carbons (Fsp3) is 0.143. The fourth-order valence-electron chi connectivity index (χ4n) is 1.86. The van der Waals surface area contributed by atoms with Crippen molar-refractivity contribution in [2.45, 2.75) is 12.8 Å². The van der Waals surface area contributed by atoms with Crippen molar-refractivity contribution >= 4 is 16.9 Å². The average molecular weight is 269 g/mol. The first-order valence-corrected chi connectivity index (χ1v) is 6.13. The van der Waals surface area contributed by atoms with Crippen molar-refractivity contribution in [3.63, 3.8) is 0 Å². The molecule has 0 saturated heterocycles. The molecule has 0 unspecified atom stereocenters. The minimum absolute atomic E-state index is 0.0349. The summed E-state index contributed by atoms with van der Waals surface area (Å²) >= 11 is 0.